The molecule has 0 unspecified atom stereocenters. The van der Waals surface area contributed by atoms with Gasteiger partial charge in [0.2, 0.25) is 11.8 Å². The number of hydrogen-bond acceptors (Lipinski definition) is 9. The molecule has 0 radical (unpaired) electrons. The molecule has 0 saturated carbocycles. The lowest BCUT2D eigenvalue weighted by Gasteiger charge is -2.27. The molecular weight excluding hydrogens is 668 g/mol. The molecule has 2 aliphatic rings. The standard InChI is InChI=1S/C39H38N4O9/c1-24(2)35(37(45)40-26-15-13-25(14-16-26)22-51-39(47)52-28-19-17-27(18-20-28)43(48)49)41-36(44)34-12-7-21-42(34)38(46)50-23-33-31-10-5-3-8-29(31)30-9-4-6-11-32(30)33/h3-6,8-11,13-20,24,33-35H,7,12,21-23H2,1-2H3,(H,40,45)(H,41,44)/t34-,35-/m0/s1. The van der Waals surface area contributed by atoms with E-state index in [4.69, 9.17) is 14.2 Å². The first kappa shape index (κ1) is 35.6. The Morgan fingerprint density at radius 1 is 0.865 bits per heavy atom. The van der Waals surface area contributed by atoms with Crippen LogP contribution < -0.4 is 15.4 Å². The molecule has 52 heavy (non-hydrogen) atoms. The van der Waals surface area contributed by atoms with Crippen molar-refractivity contribution in [3.63, 3.8) is 0 Å². The number of hydrogen-bond donors (Lipinski definition) is 2. The zero-order valence-corrected chi connectivity index (χ0v) is 28.7. The molecule has 4 aromatic rings. The van der Waals surface area contributed by atoms with Crippen molar-refractivity contribution in [2.75, 3.05) is 18.5 Å². The van der Waals surface area contributed by atoms with Gasteiger partial charge in [-0.3, -0.25) is 24.6 Å². The molecule has 2 atom stereocenters. The fourth-order valence-corrected chi connectivity index (χ4v) is 6.53. The second-order valence-corrected chi connectivity index (χ2v) is 13.0. The van der Waals surface area contributed by atoms with Crippen molar-refractivity contribution in [3.05, 3.63) is 124 Å². The van der Waals surface area contributed by atoms with Gasteiger partial charge >= 0.3 is 12.2 Å². The van der Waals surface area contributed by atoms with Crippen LogP contribution in [0.25, 0.3) is 11.1 Å². The lowest BCUT2D eigenvalue weighted by Crippen LogP contribution is -2.53. The third kappa shape index (κ3) is 8.04. The molecule has 0 aromatic heterocycles. The van der Waals surface area contributed by atoms with Gasteiger partial charge in [0, 0.05) is 30.3 Å². The van der Waals surface area contributed by atoms with Gasteiger partial charge in [-0.1, -0.05) is 74.5 Å². The fraction of sp³-hybridized carbons (Fsp3) is 0.282. The highest BCUT2D eigenvalue weighted by Gasteiger charge is 2.38. The SMILES string of the molecule is CC(C)[C@H](NC(=O)[C@@H]1CCCN1C(=O)OCC1c2ccccc2-c2ccccc21)C(=O)Nc1ccc(COC(=O)Oc2ccc([N+](=O)[O-])cc2)cc1. The van der Waals surface area contributed by atoms with Gasteiger partial charge in [-0.25, -0.2) is 9.59 Å². The molecular formula is C39H38N4O9. The highest BCUT2D eigenvalue weighted by atomic mass is 16.7. The number of nitrogens with zero attached hydrogens (tertiary/aromatic N) is 2. The highest BCUT2D eigenvalue weighted by molar-refractivity contribution is 5.98. The summed E-state index contributed by atoms with van der Waals surface area (Å²) in [5.74, 6) is -1.12. The Bertz CT molecular complexity index is 1920. The van der Waals surface area contributed by atoms with Crippen LogP contribution >= 0.6 is 0 Å². The molecule has 268 valence electrons. The van der Waals surface area contributed by atoms with Gasteiger partial charge in [-0.15, -0.1) is 0 Å². The average molecular weight is 707 g/mol. The normalized spacial score (nSPS) is 15.3. The molecule has 0 spiro atoms. The number of carbonyl (C=O) groups is 4. The molecule has 1 aliphatic carbocycles. The summed E-state index contributed by atoms with van der Waals surface area (Å²) >= 11 is 0. The van der Waals surface area contributed by atoms with E-state index in [0.29, 0.717) is 30.6 Å². The van der Waals surface area contributed by atoms with Crippen molar-refractivity contribution >= 4 is 35.4 Å². The monoisotopic (exact) mass is 706 g/mol. The van der Waals surface area contributed by atoms with E-state index in [2.05, 4.69) is 22.8 Å². The predicted molar refractivity (Wildman–Crippen MR) is 191 cm³/mol. The number of nitrogens with one attached hydrogen (secondary N) is 2. The minimum absolute atomic E-state index is 0.0957. The summed E-state index contributed by atoms with van der Waals surface area (Å²) in [5, 5.41) is 16.5. The topological polar surface area (TPSA) is 166 Å². The number of nitro groups is 1. The second-order valence-electron chi connectivity index (χ2n) is 13.0. The number of non-ortho nitro benzene ring substituents is 1. The number of ether oxygens (including phenoxy) is 3. The number of amides is 3. The molecule has 1 fully saturated rings. The van der Waals surface area contributed by atoms with Gasteiger partial charge in [0.25, 0.3) is 5.69 Å². The lowest BCUT2D eigenvalue weighted by atomic mass is 9.98. The summed E-state index contributed by atoms with van der Waals surface area (Å²) in [7, 11) is 0. The minimum atomic E-state index is -0.985. The van der Waals surface area contributed by atoms with Gasteiger partial charge in [-0.2, -0.15) is 0 Å². The third-order valence-electron chi connectivity index (χ3n) is 9.20. The molecule has 2 N–H and O–H groups in total. The Balaban J connectivity index is 0.996. The number of rotatable bonds is 11. The third-order valence-corrected chi connectivity index (χ3v) is 9.20. The molecule has 1 heterocycles. The van der Waals surface area contributed by atoms with E-state index in [0.717, 1.165) is 22.3 Å². The minimum Gasteiger partial charge on any atom is -0.448 e. The molecule has 13 heteroatoms. The maximum absolute atomic E-state index is 13.5. The Kier molecular flexibility index (Phi) is 10.8. The molecule has 13 nitrogen and oxygen atoms in total. The van der Waals surface area contributed by atoms with Crippen molar-refractivity contribution in [3.8, 4) is 16.9 Å². The van der Waals surface area contributed by atoms with Crippen LogP contribution in [0.3, 0.4) is 0 Å². The Morgan fingerprint density at radius 3 is 2.12 bits per heavy atom. The number of carbonyl (C=O) groups excluding carboxylic acids is 4. The van der Waals surface area contributed by atoms with Crippen molar-refractivity contribution in [2.45, 2.75) is 51.3 Å². The van der Waals surface area contributed by atoms with E-state index >= 15 is 0 Å². The predicted octanol–water partition coefficient (Wildman–Crippen LogP) is 6.80. The lowest BCUT2D eigenvalue weighted by molar-refractivity contribution is -0.384. The second kappa shape index (κ2) is 15.8. The van der Waals surface area contributed by atoms with Crippen LogP contribution in [-0.2, 0) is 25.7 Å². The number of fused-ring (bicyclic) bond motifs is 3. The Morgan fingerprint density at radius 2 is 1.50 bits per heavy atom. The van der Waals surface area contributed by atoms with Crippen LogP contribution in [0.1, 0.15) is 49.3 Å². The first-order valence-electron chi connectivity index (χ1n) is 17.0. The summed E-state index contributed by atoms with van der Waals surface area (Å²) in [6.07, 6.45) is -0.464. The summed E-state index contributed by atoms with van der Waals surface area (Å²) in [6.45, 7) is 4.04. The van der Waals surface area contributed by atoms with Crippen LogP contribution in [0.15, 0.2) is 97.1 Å². The summed E-state index contributed by atoms with van der Waals surface area (Å²) in [5.41, 5.74) is 5.39. The van der Waals surface area contributed by atoms with Crippen LogP contribution in [0.2, 0.25) is 0 Å². The number of nitro benzene ring substituents is 1. The van der Waals surface area contributed by atoms with Crippen LogP contribution in [0.5, 0.6) is 5.75 Å². The maximum Gasteiger partial charge on any atom is 0.514 e. The largest absolute Gasteiger partial charge is 0.514 e. The summed E-state index contributed by atoms with van der Waals surface area (Å²) in [6, 6.07) is 26.1. The van der Waals surface area contributed by atoms with Crippen LogP contribution in [0.4, 0.5) is 21.0 Å². The van der Waals surface area contributed by atoms with E-state index in [9.17, 15) is 29.3 Å². The number of anilines is 1. The van der Waals surface area contributed by atoms with E-state index in [1.807, 2.05) is 50.2 Å². The summed E-state index contributed by atoms with van der Waals surface area (Å²) < 4.78 is 16.0. The van der Waals surface area contributed by atoms with Gasteiger partial charge in [-0.05, 0) is 70.8 Å². The first-order chi connectivity index (χ1) is 25.1. The number of benzene rings is 4. The quantitative estimate of drug-likeness (QED) is 0.0738. The Hall–Kier alpha value is -6.24. The molecule has 1 aliphatic heterocycles. The summed E-state index contributed by atoms with van der Waals surface area (Å²) in [4.78, 5) is 64.0. The maximum atomic E-state index is 13.5. The van der Waals surface area contributed by atoms with Crippen LogP contribution in [0, 0.1) is 16.0 Å². The molecule has 1 saturated heterocycles. The van der Waals surface area contributed by atoms with Gasteiger partial charge in [0.05, 0.1) is 4.92 Å². The van der Waals surface area contributed by atoms with Gasteiger partial charge in [0.1, 0.15) is 31.0 Å². The van der Waals surface area contributed by atoms with Gasteiger partial charge < -0.3 is 24.8 Å². The van der Waals surface area contributed by atoms with Crippen molar-refractivity contribution in [2.24, 2.45) is 5.92 Å². The molecule has 0 bridgehead atoms. The smallest absolute Gasteiger partial charge is 0.448 e. The van der Waals surface area contributed by atoms with E-state index in [1.165, 1.54) is 29.2 Å². The molecule has 4 aromatic carbocycles. The average Bonchev–Trinajstić information content (AvgIpc) is 3.76. The van der Waals surface area contributed by atoms with E-state index in [1.54, 1.807) is 24.3 Å². The first-order valence-corrected chi connectivity index (χ1v) is 17.0. The van der Waals surface area contributed by atoms with Crippen LogP contribution in [-0.4, -0.2) is 59.1 Å². The van der Waals surface area contributed by atoms with E-state index < -0.39 is 41.1 Å². The molecule has 3 amide bonds. The van der Waals surface area contributed by atoms with E-state index in [-0.39, 0.29) is 36.5 Å². The molecule has 6 rings (SSSR count). The highest BCUT2D eigenvalue weighted by Crippen LogP contribution is 2.44. The van der Waals surface area contributed by atoms with Gasteiger partial charge in [0.15, 0.2) is 0 Å². The zero-order valence-electron chi connectivity index (χ0n) is 28.7. The Labute approximate surface area is 300 Å². The van der Waals surface area contributed by atoms with Crippen molar-refractivity contribution < 1.29 is 38.3 Å². The fourth-order valence-electron chi connectivity index (χ4n) is 6.53. The number of likely N-dealkylation sites (tertiary alicyclic amines) is 1. The zero-order chi connectivity index (χ0) is 36.8. The van der Waals surface area contributed by atoms with Crippen molar-refractivity contribution in [1.29, 1.82) is 0 Å². The van der Waals surface area contributed by atoms with Crippen molar-refractivity contribution in [1.82, 2.24) is 10.2 Å².